The summed E-state index contributed by atoms with van der Waals surface area (Å²) in [5.74, 6) is 0.901. The third kappa shape index (κ3) is 2.60. The topological polar surface area (TPSA) is 32.8 Å². The molecule has 0 saturated carbocycles. The summed E-state index contributed by atoms with van der Waals surface area (Å²) in [6.45, 7) is 4.12. The highest BCUT2D eigenvalue weighted by atomic mass is 31.2. The van der Waals surface area contributed by atoms with Gasteiger partial charge in [-0.25, -0.2) is 4.67 Å². The number of carbonyl (C=O) groups excluding carboxylic acids is 1. The molecule has 2 atom stereocenters. The van der Waals surface area contributed by atoms with Gasteiger partial charge in [-0.2, -0.15) is 0 Å². The van der Waals surface area contributed by atoms with Gasteiger partial charge in [0.15, 0.2) is 0 Å². The molecule has 1 fully saturated rings. The monoisotopic (exact) mass is 388 g/mol. The van der Waals surface area contributed by atoms with Crippen molar-refractivity contribution in [1.29, 1.82) is 0 Å². The summed E-state index contributed by atoms with van der Waals surface area (Å²) in [4.78, 5) is 13.6. The van der Waals surface area contributed by atoms with Crippen molar-refractivity contribution in [2.45, 2.75) is 26.3 Å². The number of anilines is 2. The molecule has 5 rings (SSSR count). The number of fused-ring (bicyclic) bond motifs is 3. The van der Waals surface area contributed by atoms with Crippen molar-refractivity contribution in [3.05, 3.63) is 89.5 Å². The number of nitrogens with zero attached hydrogens (tertiary/aromatic N) is 2. The lowest BCUT2D eigenvalue weighted by molar-refractivity contribution is -0.117. The van der Waals surface area contributed by atoms with E-state index in [2.05, 4.69) is 42.8 Å². The van der Waals surface area contributed by atoms with E-state index in [4.69, 9.17) is 4.52 Å². The molecule has 3 aromatic carbocycles. The minimum absolute atomic E-state index is 0.121. The Morgan fingerprint density at radius 1 is 0.893 bits per heavy atom. The fraction of sp³-hybridized carbons (Fsp3) is 0.174. The van der Waals surface area contributed by atoms with E-state index in [1.807, 2.05) is 53.2 Å². The second-order valence-electron chi connectivity index (χ2n) is 7.24. The Morgan fingerprint density at radius 2 is 1.57 bits per heavy atom. The summed E-state index contributed by atoms with van der Waals surface area (Å²) in [6, 6.07) is 24.0. The quantitative estimate of drug-likeness (QED) is 0.564. The van der Waals surface area contributed by atoms with Gasteiger partial charge in [-0.3, -0.25) is 9.46 Å². The summed E-state index contributed by atoms with van der Waals surface area (Å²) in [5.41, 5.74) is 5.48. The predicted octanol–water partition coefficient (Wildman–Crippen LogP) is 5.39. The van der Waals surface area contributed by atoms with Crippen molar-refractivity contribution in [2.75, 3.05) is 9.34 Å². The molecule has 5 heteroatoms. The van der Waals surface area contributed by atoms with Gasteiger partial charge in [0.05, 0.1) is 5.69 Å². The molecule has 0 N–H and O–H groups in total. The van der Waals surface area contributed by atoms with Crippen LogP contribution in [0, 0.1) is 13.8 Å². The molecule has 0 spiro atoms. The van der Waals surface area contributed by atoms with Gasteiger partial charge in [0.2, 0.25) is 0 Å². The number of para-hydroxylation sites is 3. The van der Waals surface area contributed by atoms with Crippen LogP contribution in [0.2, 0.25) is 0 Å². The summed E-state index contributed by atoms with van der Waals surface area (Å²) in [5, 5.41) is 0. The molecule has 4 nitrogen and oxygen atoms in total. The zero-order valence-corrected chi connectivity index (χ0v) is 16.8. The lowest BCUT2D eigenvalue weighted by atomic mass is 10.1. The summed E-state index contributed by atoms with van der Waals surface area (Å²) < 4.78 is 10.6. The van der Waals surface area contributed by atoms with Crippen molar-refractivity contribution in [2.24, 2.45) is 0 Å². The molecule has 2 aliphatic heterocycles. The third-order valence-corrected chi connectivity index (χ3v) is 7.35. The van der Waals surface area contributed by atoms with Gasteiger partial charge in [-0.15, -0.1) is 0 Å². The summed E-state index contributed by atoms with van der Waals surface area (Å²) in [7, 11) is -1.34. The second-order valence-corrected chi connectivity index (χ2v) is 8.76. The number of amides is 1. The lowest BCUT2D eigenvalue weighted by Gasteiger charge is -2.30. The Kier molecular flexibility index (Phi) is 4.10. The van der Waals surface area contributed by atoms with Crippen molar-refractivity contribution in [3.63, 3.8) is 0 Å². The fourth-order valence-corrected chi connectivity index (χ4v) is 6.35. The normalized spacial score (nSPS) is 20.3. The van der Waals surface area contributed by atoms with Crippen molar-refractivity contribution in [1.82, 2.24) is 0 Å². The molecule has 0 aliphatic carbocycles. The molecular weight excluding hydrogens is 367 g/mol. The van der Waals surface area contributed by atoms with Crippen LogP contribution in [0.5, 0.6) is 5.75 Å². The molecular formula is C23H21N2O2P. The highest BCUT2D eigenvalue weighted by Gasteiger charge is 2.54. The maximum absolute atomic E-state index is 13.6. The highest BCUT2D eigenvalue weighted by molar-refractivity contribution is 7.58. The van der Waals surface area contributed by atoms with Gasteiger partial charge in [0.1, 0.15) is 11.8 Å². The smallest absolute Gasteiger partial charge is 0.317 e. The van der Waals surface area contributed by atoms with Crippen molar-refractivity contribution in [3.8, 4) is 5.75 Å². The SMILES string of the molecule is Cc1cccc(C)c1N1C(=O)[C@@H]2Cc3ccccc3N2[P@]1Oc1ccccc1. The van der Waals surface area contributed by atoms with Gasteiger partial charge in [-0.1, -0.05) is 54.6 Å². The average Bonchev–Trinajstić information content (AvgIpc) is 3.20. The van der Waals surface area contributed by atoms with Gasteiger partial charge in [-0.05, 0) is 48.7 Å². The van der Waals surface area contributed by atoms with Crippen LogP contribution in [0.25, 0.3) is 0 Å². The first-order valence-corrected chi connectivity index (χ1v) is 10.6. The Morgan fingerprint density at radius 3 is 2.32 bits per heavy atom. The molecule has 0 radical (unpaired) electrons. The minimum atomic E-state index is -1.34. The molecule has 1 amide bonds. The largest absolute Gasteiger partial charge is 0.436 e. The van der Waals surface area contributed by atoms with Crippen molar-refractivity contribution >= 4 is 25.7 Å². The summed E-state index contributed by atoms with van der Waals surface area (Å²) in [6.07, 6.45) is 0.730. The zero-order chi connectivity index (χ0) is 19.3. The first-order chi connectivity index (χ1) is 13.6. The van der Waals surface area contributed by atoms with Gasteiger partial charge >= 0.3 is 8.45 Å². The lowest BCUT2D eigenvalue weighted by Crippen LogP contribution is -2.31. The van der Waals surface area contributed by atoms with Gasteiger partial charge in [0, 0.05) is 12.1 Å². The molecule has 0 unspecified atom stereocenters. The molecule has 0 bridgehead atoms. The van der Waals surface area contributed by atoms with E-state index in [1.54, 1.807) is 0 Å². The molecule has 0 aromatic heterocycles. The Balaban J connectivity index is 1.65. The number of hydrogen-bond donors (Lipinski definition) is 0. The van der Waals surface area contributed by atoms with E-state index < -0.39 is 8.45 Å². The Hall–Kier alpha value is -2.84. The minimum Gasteiger partial charge on any atom is -0.436 e. The molecule has 28 heavy (non-hydrogen) atoms. The van der Waals surface area contributed by atoms with Crippen LogP contribution in [-0.2, 0) is 11.2 Å². The van der Waals surface area contributed by atoms with Crippen LogP contribution in [0.3, 0.4) is 0 Å². The first-order valence-electron chi connectivity index (χ1n) is 9.45. The van der Waals surface area contributed by atoms with E-state index in [0.29, 0.717) is 0 Å². The fourth-order valence-electron chi connectivity index (χ4n) is 4.09. The zero-order valence-electron chi connectivity index (χ0n) is 15.9. The number of rotatable bonds is 3. The Bertz CT molecular complexity index is 1030. The van der Waals surface area contributed by atoms with E-state index in [1.165, 1.54) is 5.56 Å². The number of benzene rings is 3. The number of aryl methyl sites for hydroxylation is 2. The van der Waals surface area contributed by atoms with E-state index in [-0.39, 0.29) is 11.9 Å². The molecule has 1 saturated heterocycles. The van der Waals surface area contributed by atoms with E-state index in [0.717, 1.165) is 34.7 Å². The standard InChI is InChI=1S/C23H21N2O2P/c1-16-9-8-10-17(2)22(16)25-23(26)21-15-18-11-6-7-14-20(18)24(21)28(25)27-19-12-4-3-5-13-19/h3-14,21H,15H2,1-2H3/t21-,28-/m0/s1. The second kappa shape index (κ2) is 6.65. The maximum atomic E-state index is 13.6. The van der Waals surface area contributed by atoms with Gasteiger partial charge in [0.25, 0.3) is 5.91 Å². The first kappa shape index (κ1) is 17.3. The molecule has 2 aliphatic rings. The number of hydrogen-bond acceptors (Lipinski definition) is 3. The van der Waals surface area contributed by atoms with Gasteiger partial charge < -0.3 is 4.52 Å². The predicted molar refractivity (Wildman–Crippen MR) is 114 cm³/mol. The van der Waals surface area contributed by atoms with Crippen LogP contribution < -0.4 is 13.9 Å². The van der Waals surface area contributed by atoms with Crippen molar-refractivity contribution < 1.29 is 9.32 Å². The molecule has 140 valence electrons. The highest BCUT2D eigenvalue weighted by Crippen LogP contribution is 2.60. The maximum Gasteiger partial charge on any atom is 0.317 e. The molecule has 2 heterocycles. The van der Waals surface area contributed by atoms with Crippen LogP contribution in [0.15, 0.2) is 72.8 Å². The van der Waals surface area contributed by atoms with Crippen LogP contribution >= 0.6 is 8.45 Å². The van der Waals surface area contributed by atoms with E-state index in [9.17, 15) is 4.79 Å². The number of carbonyl (C=O) groups is 1. The summed E-state index contributed by atoms with van der Waals surface area (Å²) >= 11 is 0. The Labute approximate surface area is 166 Å². The van der Waals surface area contributed by atoms with E-state index >= 15 is 0 Å². The molecule has 3 aromatic rings. The van der Waals surface area contributed by atoms with Crippen LogP contribution in [0.4, 0.5) is 11.4 Å². The average molecular weight is 388 g/mol. The third-order valence-electron chi connectivity index (χ3n) is 5.38. The van der Waals surface area contributed by atoms with Crippen LogP contribution in [0.1, 0.15) is 16.7 Å². The van der Waals surface area contributed by atoms with Crippen LogP contribution in [-0.4, -0.2) is 11.9 Å².